The largest absolute Gasteiger partial charge is 0.396 e. The minimum Gasteiger partial charge on any atom is -0.396 e. The van der Waals surface area contributed by atoms with Crippen LogP contribution >= 0.6 is 0 Å². The van der Waals surface area contributed by atoms with Gasteiger partial charge in [0.1, 0.15) is 5.52 Å². The fraction of sp³-hybridized carbons (Fsp3) is 0.615. The van der Waals surface area contributed by atoms with Crippen molar-refractivity contribution < 1.29 is 5.11 Å². The molecule has 0 saturated heterocycles. The Hall–Kier alpha value is -1.89. The van der Waals surface area contributed by atoms with Gasteiger partial charge in [0.2, 0.25) is 5.95 Å². The van der Waals surface area contributed by atoms with E-state index in [0.717, 1.165) is 24.3 Å². The number of imidazole rings is 1. The second kappa shape index (κ2) is 6.04. The van der Waals surface area contributed by atoms with Gasteiger partial charge in [-0.05, 0) is 18.8 Å². The average Bonchev–Trinajstić information content (AvgIpc) is 2.84. The van der Waals surface area contributed by atoms with Gasteiger partial charge in [-0.2, -0.15) is 9.97 Å². The van der Waals surface area contributed by atoms with Crippen molar-refractivity contribution in [1.82, 2.24) is 19.9 Å². The molecule has 4 N–H and O–H groups in total. The van der Waals surface area contributed by atoms with Gasteiger partial charge >= 0.3 is 0 Å². The van der Waals surface area contributed by atoms with Crippen LogP contribution in [0.15, 0.2) is 6.33 Å². The van der Waals surface area contributed by atoms with Crippen LogP contribution in [0.3, 0.4) is 0 Å². The molecular weight excluding hydrogens is 256 g/mol. The standard InChI is InChI=1S/C13H22N6O/c1-4-14-12-18-10(9-11(19-12)17-8-16-9)15-7-13(2,3)5-6-20/h8,20H,4-7H2,1-3H3,(H3,14,15,16,17,18,19). The number of hydrogen-bond donors (Lipinski definition) is 4. The van der Waals surface area contributed by atoms with E-state index in [2.05, 4.69) is 44.4 Å². The highest BCUT2D eigenvalue weighted by atomic mass is 16.3. The summed E-state index contributed by atoms with van der Waals surface area (Å²) < 4.78 is 0. The van der Waals surface area contributed by atoms with Crippen LogP contribution in [0.2, 0.25) is 0 Å². The summed E-state index contributed by atoms with van der Waals surface area (Å²) in [4.78, 5) is 16.0. The van der Waals surface area contributed by atoms with Crippen LogP contribution in [-0.2, 0) is 0 Å². The van der Waals surface area contributed by atoms with Crippen molar-refractivity contribution >= 4 is 22.9 Å². The Morgan fingerprint density at radius 2 is 2.10 bits per heavy atom. The fourth-order valence-corrected chi connectivity index (χ4v) is 1.91. The number of fused-ring (bicyclic) bond motifs is 1. The van der Waals surface area contributed by atoms with E-state index in [-0.39, 0.29) is 12.0 Å². The summed E-state index contributed by atoms with van der Waals surface area (Å²) in [6.07, 6.45) is 2.34. The Labute approximate surface area is 118 Å². The smallest absolute Gasteiger partial charge is 0.226 e. The molecule has 0 spiro atoms. The number of nitrogens with one attached hydrogen (secondary N) is 3. The third-order valence-corrected chi connectivity index (χ3v) is 3.14. The Bertz CT molecular complexity index is 565. The zero-order valence-electron chi connectivity index (χ0n) is 12.2. The highest BCUT2D eigenvalue weighted by Gasteiger charge is 2.18. The van der Waals surface area contributed by atoms with Crippen LogP contribution in [0.25, 0.3) is 11.2 Å². The average molecular weight is 278 g/mol. The van der Waals surface area contributed by atoms with Gasteiger partial charge in [0, 0.05) is 19.7 Å². The zero-order chi connectivity index (χ0) is 14.6. The summed E-state index contributed by atoms with van der Waals surface area (Å²) in [6.45, 7) is 7.85. The molecule has 0 aliphatic carbocycles. The normalized spacial score (nSPS) is 11.8. The van der Waals surface area contributed by atoms with Crippen LogP contribution in [0.1, 0.15) is 27.2 Å². The van der Waals surface area contributed by atoms with E-state index in [1.54, 1.807) is 6.33 Å². The van der Waals surface area contributed by atoms with Crippen molar-refractivity contribution in [3.05, 3.63) is 6.33 Å². The molecule has 0 radical (unpaired) electrons. The molecule has 0 aromatic carbocycles. The number of hydrogen-bond acceptors (Lipinski definition) is 6. The van der Waals surface area contributed by atoms with E-state index >= 15 is 0 Å². The predicted octanol–water partition coefficient (Wildman–Crippen LogP) is 1.61. The first-order valence-electron chi connectivity index (χ1n) is 6.85. The van der Waals surface area contributed by atoms with Crippen LogP contribution < -0.4 is 10.6 Å². The minimum absolute atomic E-state index is 0.00953. The number of aromatic amines is 1. The Balaban J connectivity index is 2.21. The molecule has 7 heteroatoms. The van der Waals surface area contributed by atoms with Crippen molar-refractivity contribution in [3.8, 4) is 0 Å². The van der Waals surface area contributed by atoms with Gasteiger partial charge in [0.15, 0.2) is 11.5 Å². The third-order valence-electron chi connectivity index (χ3n) is 3.14. The van der Waals surface area contributed by atoms with Gasteiger partial charge in [-0.1, -0.05) is 13.8 Å². The number of nitrogens with zero attached hydrogens (tertiary/aromatic N) is 3. The van der Waals surface area contributed by atoms with E-state index in [1.165, 1.54) is 0 Å². The van der Waals surface area contributed by atoms with Crippen LogP contribution in [0, 0.1) is 5.41 Å². The summed E-state index contributed by atoms with van der Waals surface area (Å²) in [7, 11) is 0. The lowest BCUT2D eigenvalue weighted by Gasteiger charge is -2.24. The van der Waals surface area contributed by atoms with Crippen molar-refractivity contribution in [2.24, 2.45) is 5.41 Å². The van der Waals surface area contributed by atoms with E-state index < -0.39 is 0 Å². The maximum absolute atomic E-state index is 9.07. The molecule has 0 bridgehead atoms. The lowest BCUT2D eigenvalue weighted by Crippen LogP contribution is -2.25. The summed E-state index contributed by atoms with van der Waals surface area (Å²) in [6, 6.07) is 0. The lowest BCUT2D eigenvalue weighted by molar-refractivity contribution is 0.220. The van der Waals surface area contributed by atoms with Crippen molar-refractivity contribution in [1.29, 1.82) is 0 Å². The maximum Gasteiger partial charge on any atom is 0.226 e. The molecule has 0 atom stereocenters. The highest BCUT2D eigenvalue weighted by molar-refractivity contribution is 5.83. The third kappa shape index (κ3) is 3.36. The summed E-state index contributed by atoms with van der Waals surface area (Å²) in [5, 5.41) is 15.5. The monoisotopic (exact) mass is 278 g/mol. The topological polar surface area (TPSA) is 98.8 Å². The van der Waals surface area contributed by atoms with Crippen LogP contribution in [0.5, 0.6) is 0 Å². The molecular formula is C13H22N6O. The first-order chi connectivity index (χ1) is 9.55. The molecule has 0 fully saturated rings. The summed E-state index contributed by atoms with van der Waals surface area (Å²) in [5.41, 5.74) is 1.43. The molecule has 0 aliphatic heterocycles. The molecule has 2 heterocycles. The van der Waals surface area contributed by atoms with Crippen molar-refractivity contribution in [2.75, 3.05) is 30.3 Å². The molecule has 0 unspecified atom stereocenters. The number of rotatable bonds is 7. The maximum atomic E-state index is 9.07. The highest BCUT2D eigenvalue weighted by Crippen LogP contribution is 2.23. The second-order valence-corrected chi connectivity index (χ2v) is 5.52. The van der Waals surface area contributed by atoms with Gasteiger partial charge in [0.05, 0.1) is 6.33 Å². The molecule has 0 amide bonds. The van der Waals surface area contributed by atoms with Crippen molar-refractivity contribution in [2.45, 2.75) is 27.2 Å². The minimum atomic E-state index is -0.00953. The van der Waals surface area contributed by atoms with Gasteiger partial charge in [-0.25, -0.2) is 4.98 Å². The Morgan fingerprint density at radius 3 is 2.80 bits per heavy atom. The number of aromatic nitrogens is 4. The molecule has 7 nitrogen and oxygen atoms in total. The number of aliphatic hydroxyl groups is 1. The molecule has 2 aromatic heterocycles. The van der Waals surface area contributed by atoms with Gasteiger partial charge in [-0.3, -0.25) is 0 Å². The van der Waals surface area contributed by atoms with E-state index in [1.807, 2.05) is 6.92 Å². The first-order valence-corrected chi connectivity index (χ1v) is 6.85. The SMILES string of the molecule is CCNc1nc(NCC(C)(C)CCO)c2[nH]cnc2n1. The predicted molar refractivity (Wildman–Crippen MR) is 79.8 cm³/mol. The molecule has 0 saturated carbocycles. The van der Waals surface area contributed by atoms with Gasteiger partial charge in [0.25, 0.3) is 0 Å². The number of H-pyrrole nitrogens is 1. The quantitative estimate of drug-likeness (QED) is 0.614. The number of aliphatic hydroxyl groups excluding tert-OH is 1. The van der Waals surface area contributed by atoms with Crippen molar-refractivity contribution in [3.63, 3.8) is 0 Å². The molecule has 2 aromatic rings. The van der Waals surface area contributed by atoms with E-state index in [4.69, 9.17) is 5.11 Å². The number of anilines is 2. The van der Waals surface area contributed by atoms with Gasteiger partial charge in [-0.15, -0.1) is 0 Å². The molecule has 2 rings (SSSR count). The van der Waals surface area contributed by atoms with E-state index in [0.29, 0.717) is 18.1 Å². The summed E-state index contributed by atoms with van der Waals surface area (Å²) >= 11 is 0. The fourth-order valence-electron chi connectivity index (χ4n) is 1.91. The second-order valence-electron chi connectivity index (χ2n) is 5.52. The zero-order valence-corrected chi connectivity index (χ0v) is 12.2. The van der Waals surface area contributed by atoms with Gasteiger partial charge < -0.3 is 20.7 Å². The van der Waals surface area contributed by atoms with E-state index in [9.17, 15) is 0 Å². The summed E-state index contributed by atoms with van der Waals surface area (Å²) in [5.74, 6) is 1.30. The Morgan fingerprint density at radius 1 is 1.30 bits per heavy atom. The molecule has 0 aliphatic rings. The van der Waals surface area contributed by atoms with Crippen LogP contribution in [0.4, 0.5) is 11.8 Å². The molecule has 20 heavy (non-hydrogen) atoms. The molecule has 110 valence electrons. The Kier molecular flexibility index (Phi) is 4.39. The lowest BCUT2D eigenvalue weighted by atomic mass is 9.90. The first kappa shape index (κ1) is 14.5. The van der Waals surface area contributed by atoms with Crippen LogP contribution in [-0.4, -0.2) is 44.7 Å².